The van der Waals surface area contributed by atoms with Gasteiger partial charge in [0.2, 0.25) is 5.43 Å². The minimum Gasteiger partial charge on any atom is -0.507 e. The molecule has 0 unspecified atom stereocenters. The lowest BCUT2D eigenvalue weighted by Crippen LogP contribution is -2.03. The van der Waals surface area contributed by atoms with Crippen molar-refractivity contribution in [3.05, 3.63) is 81.5 Å². The van der Waals surface area contributed by atoms with Crippen LogP contribution in [0.25, 0.3) is 21.9 Å². The molecule has 0 saturated heterocycles. The predicted molar refractivity (Wildman–Crippen MR) is 97.4 cm³/mol. The monoisotopic (exact) mass is 352 g/mol. The first kappa shape index (κ1) is 15.5. The molecule has 1 N–H and O–H groups in total. The van der Waals surface area contributed by atoms with Crippen LogP contribution in [0, 0.1) is 0 Å². The van der Waals surface area contributed by atoms with Gasteiger partial charge in [0.15, 0.2) is 0 Å². The molecule has 0 aliphatic rings. The van der Waals surface area contributed by atoms with Gasteiger partial charge in [-0.05, 0) is 29.8 Å². The second-order valence-electron chi connectivity index (χ2n) is 5.66. The molecule has 1 heterocycles. The molecule has 0 spiro atoms. The topological polar surface area (TPSA) is 59.7 Å². The van der Waals surface area contributed by atoms with E-state index in [1.807, 2.05) is 12.1 Å². The fourth-order valence-corrected chi connectivity index (χ4v) is 2.97. The van der Waals surface area contributed by atoms with Gasteiger partial charge in [-0.3, -0.25) is 4.79 Å². The summed E-state index contributed by atoms with van der Waals surface area (Å²) in [6.45, 7) is 0.281. The highest BCUT2D eigenvalue weighted by atomic mass is 35.5. The summed E-state index contributed by atoms with van der Waals surface area (Å²) in [5.74, 6) is 0.238. The lowest BCUT2D eigenvalue weighted by Gasteiger charge is -2.09. The maximum atomic E-state index is 12.6. The van der Waals surface area contributed by atoms with Gasteiger partial charge >= 0.3 is 0 Å². The molecule has 4 rings (SSSR count). The standard InChI is InChI=1S/C20H13ClO4/c21-13-5-3-4-12(8-13)11-24-14-9-16(22)19-18(10-14)25-17-7-2-1-6-15(17)20(19)23/h1-10,22H,11H2. The largest absolute Gasteiger partial charge is 0.507 e. The summed E-state index contributed by atoms with van der Waals surface area (Å²) in [6, 6.07) is 17.3. The van der Waals surface area contributed by atoms with Gasteiger partial charge in [0, 0.05) is 17.2 Å². The number of fused-ring (bicyclic) bond motifs is 2. The summed E-state index contributed by atoms with van der Waals surface area (Å²) < 4.78 is 11.5. The van der Waals surface area contributed by atoms with Crippen molar-refractivity contribution < 1.29 is 14.3 Å². The third kappa shape index (κ3) is 2.92. The van der Waals surface area contributed by atoms with Crippen molar-refractivity contribution in [2.24, 2.45) is 0 Å². The summed E-state index contributed by atoms with van der Waals surface area (Å²) in [5, 5.41) is 11.5. The number of ether oxygens (including phenoxy) is 1. The molecule has 0 bridgehead atoms. The number of hydrogen-bond donors (Lipinski definition) is 1. The van der Waals surface area contributed by atoms with E-state index >= 15 is 0 Å². The molecule has 5 heteroatoms. The molecule has 3 aromatic carbocycles. The Hall–Kier alpha value is -2.98. The number of para-hydroxylation sites is 1. The Kier molecular flexibility index (Phi) is 3.82. The van der Waals surface area contributed by atoms with E-state index in [2.05, 4.69) is 0 Å². The maximum Gasteiger partial charge on any atom is 0.204 e. The molecule has 25 heavy (non-hydrogen) atoms. The second kappa shape index (κ2) is 6.15. The van der Waals surface area contributed by atoms with Gasteiger partial charge in [-0.25, -0.2) is 0 Å². The van der Waals surface area contributed by atoms with E-state index in [-0.39, 0.29) is 28.8 Å². The second-order valence-corrected chi connectivity index (χ2v) is 6.10. The lowest BCUT2D eigenvalue weighted by molar-refractivity contribution is 0.304. The highest BCUT2D eigenvalue weighted by Crippen LogP contribution is 2.31. The van der Waals surface area contributed by atoms with Crippen molar-refractivity contribution in [3.8, 4) is 11.5 Å². The van der Waals surface area contributed by atoms with Crippen molar-refractivity contribution in [2.75, 3.05) is 0 Å². The smallest absolute Gasteiger partial charge is 0.204 e. The number of halogens is 1. The summed E-state index contributed by atoms with van der Waals surface area (Å²) in [7, 11) is 0. The first-order valence-corrected chi connectivity index (χ1v) is 8.05. The molecule has 4 aromatic rings. The van der Waals surface area contributed by atoms with E-state index in [1.54, 1.807) is 42.5 Å². The fourth-order valence-electron chi connectivity index (χ4n) is 2.76. The summed E-state index contributed by atoms with van der Waals surface area (Å²) in [5.41, 5.74) is 1.37. The van der Waals surface area contributed by atoms with E-state index in [1.165, 1.54) is 6.07 Å². The van der Waals surface area contributed by atoms with E-state index in [0.29, 0.717) is 21.7 Å². The molecule has 0 aliphatic carbocycles. The molecular weight excluding hydrogens is 340 g/mol. The van der Waals surface area contributed by atoms with Crippen LogP contribution in [0.1, 0.15) is 5.56 Å². The number of rotatable bonds is 3. The number of benzene rings is 3. The van der Waals surface area contributed by atoms with Crippen LogP contribution in [0.2, 0.25) is 5.02 Å². The van der Waals surface area contributed by atoms with Gasteiger partial charge in [0.05, 0.1) is 5.39 Å². The average molecular weight is 353 g/mol. The first-order valence-electron chi connectivity index (χ1n) is 7.67. The molecule has 4 nitrogen and oxygen atoms in total. The fraction of sp³-hybridized carbons (Fsp3) is 0.0500. The maximum absolute atomic E-state index is 12.6. The zero-order valence-electron chi connectivity index (χ0n) is 13.0. The number of hydrogen-bond acceptors (Lipinski definition) is 4. The normalized spacial score (nSPS) is 11.1. The number of aromatic hydroxyl groups is 1. The third-order valence-corrected chi connectivity index (χ3v) is 4.16. The Morgan fingerprint density at radius 2 is 1.84 bits per heavy atom. The van der Waals surface area contributed by atoms with Gasteiger partial charge < -0.3 is 14.3 Å². The Bertz CT molecular complexity index is 1150. The molecule has 1 aromatic heterocycles. The Labute approximate surface area is 147 Å². The molecule has 0 amide bonds. The summed E-state index contributed by atoms with van der Waals surface area (Å²) in [4.78, 5) is 12.6. The number of phenols is 1. The van der Waals surface area contributed by atoms with E-state index < -0.39 is 0 Å². The Balaban J connectivity index is 1.76. The van der Waals surface area contributed by atoms with Gasteiger partial charge in [0.25, 0.3) is 0 Å². The van der Waals surface area contributed by atoms with Gasteiger partial charge in [-0.2, -0.15) is 0 Å². The van der Waals surface area contributed by atoms with Crippen LogP contribution in [-0.4, -0.2) is 5.11 Å². The predicted octanol–water partition coefficient (Wildman–Crippen LogP) is 4.88. The average Bonchev–Trinajstić information content (AvgIpc) is 2.60. The minimum absolute atomic E-state index is 0.147. The van der Waals surface area contributed by atoms with Crippen molar-refractivity contribution in [1.82, 2.24) is 0 Å². The minimum atomic E-state index is -0.268. The Morgan fingerprint density at radius 1 is 1.00 bits per heavy atom. The molecule has 0 fully saturated rings. The van der Waals surface area contributed by atoms with Crippen LogP contribution in [0.5, 0.6) is 11.5 Å². The van der Waals surface area contributed by atoms with Crippen molar-refractivity contribution >= 4 is 33.5 Å². The summed E-state index contributed by atoms with van der Waals surface area (Å²) >= 11 is 5.96. The third-order valence-electron chi connectivity index (χ3n) is 3.93. The lowest BCUT2D eigenvalue weighted by atomic mass is 10.1. The van der Waals surface area contributed by atoms with Crippen molar-refractivity contribution in [2.45, 2.75) is 6.61 Å². The molecule has 0 atom stereocenters. The van der Waals surface area contributed by atoms with Crippen molar-refractivity contribution in [3.63, 3.8) is 0 Å². The number of phenolic OH excluding ortho intramolecular Hbond substituents is 1. The molecule has 0 radical (unpaired) electrons. The molecule has 0 saturated carbocycles. The van der Waals surface area contributed by atoms with Gasteiger partial charge in [0.1, 0.15) is 34.7 Å². The van der Waals surface area contributed by atoms with Crippen LogP contribution < -0.4 is 10.2 Å². The van der Waals surface area contributed by atoms with Crippen LogP contribution >= 0.6 is 11.6 Å². The Morgan fingerprint density at radius 3 is 2.68 bits per heavy atom. The molecule has 124 valence electrons. The van der Waals surface area contributed by atoms with E-state index in [0.717, 1.165) is 5.56 Å². The van der Waals surface area contributed by atoms with Crippen molar-refractivity contribution in [1.29, 1.82) is 0 Å². The zero-order chi connectivity index (χ0) is 17.4. The van der Waals surface area contributed by atoms with Gasteiger partial charge in [-0.1, -0.05) is 35.9 Å². The molecular formula is C20H13ClO4. The SMILES string of the molecule is O=c1c2ccccc2oc2cc(OCc3cccc(Cl)c3)cc(O)c12. The van der Waals surface area contributed by atoms with Crippen LogP contribution in [0.3, 0.4) is 0 Å². The van der Waals surface area contributed by atoms with Crippen LogP contribution in [-0.2, 0) is 6.61 Å². The van der Waals surface area contributed by atoms with Gasteiger partial charge in [-0.15, -0.1) is 0 Å². The van der Waals surface area contributed by atoms with Crippen LogP contribution in [0.15, 0.2) is 69.9 Å². The quantitative estimate of drug-likeness (QED) is 0.533. The van der Waals surface area contributed by atoms with E-state index in [4.69, 9.17) is 20.8 Å². The van der Waals surface area contributed by atoms with Crippen LogP contribution in [0.4, 0.5) is 0 Å². The zero-order valence-corrected chi connectivity index (χ0v) is 13.8. The summed E-state index contributed by atoms with van der Waals surface area (Å²) in [6.07, 6.45) is 0. The highest BCUT2D eigenvalue weighted by molar-refractivity contribution is 6.30. The first-order chi connectivity index (χ1) is 12.1. The molecule has 0 aliphatic heterocycles. The van der Waals surface area contributed by atoms with E-state index in [9.17, 15) is 9.90 Å². The highest BCUT2D eigenvalue weighted by Gasteiger charge is 2.13.